The van der Waals surface area contributed by atoms with Gasteiger partial charge in [0.2, 0.25) is 0 Å². The zero-order valence-electron chi connectivity index (χ0n) is 7.29. The third-order valence-corrected chi connectivity index (χ3v) is 1.57. The monoisotopic (exact) mass is 195 g/mol. The van der Waals surface area contributed by atoms with Gasteiger partial charge in [-0.05, 0) is 12.1 Å². The molecule has 1 aromatic carbocycles. The smallest absolute Gasteiger partial charge is 0.265 e. The van der Waals surface area contributed by atoms with Crippen LogP contribution in [0.4, 0.5) is 5.69 Å². The van der Waals surface area contributed by atoms with E-state index in [4.69, 9.17) is 5.84 Å². The highest BCUT2D eigenvalue weighted by molar-refractivity contribution is 5.92. The van der Waals surface area contributed by atoms with E-state index in [0.29, 0.717) is 5.69 Å². The summed E-state index contributed by atoms with van der Waals surface area (Å²) < 4.78 is 0. The number of benzene rings is 1. The fraction of sp³-hybridized carbons (Fsp3) is 0.125. The minimum atomic E-state index is -0.800. The molecule has 0 fully saturated rings. The average Bonchev–Trinajstić information content (AvgIpc) is 2.17. The van der Waals surface area contributed by atoms with Gasteiger partial charge in [0.25, 0.3) is 6.54 Å². The maximum absolute atomic E-state index is 11.1. The molecule has 0 aliphatic heterocycles. The van der Waals surface area contributed by atoms with Crippen molar-refractivity contribution in [3.63, 3.8) is 0 Å². The molecule has 0 aliphatic carbocycles. The quantitative estimate of drug-likeness (QED) is 0.322. The van der Waals surface area contributed by atoms with E-state index in [2.05, 4.69) is 0 Å². The van der Waals surface area contributed by atoms with Crippen LogP contribution < -0.4 is 10.9 Å². The van der Waals surface area contributed by atoms with Crippen molar-refractivity contribution in [1.29, 1.82) is 0 Å². The van der Waals surface area contributed by atoms with Crippen LogP contribution in [-0.2, 0) is 4.79 Å². The predicted octanol–water partition coefficient (Wildman–Crippen LogP) is 0.170. The summed E-state index contributed by atoms with van der Waals surface area (Å²) in [6.45, 7) is -0.800. The number of nitro groups is 1. The third-order valence-electron chi connectivity index (χ3n) is 1.57. The Bertz CT molecular complexity index is 339. The van der Waals surface area contributed by atoms with Crippen molar-refractivity contribution in [2.45, 2.75) is 0 Å². The second-order valence-electron chi connectivity index (χ2n) is 2.59. The molecule has 0 saturated heterocycles. The van der Waals surface area contributed by atoms with Gasteiger partial charge in [0.15, 0.2) is 0 Å². The molecular formula is C8H9N3O3. The Kier molecular flexibility index (Phi) is 3.14. The number of nitrogens with zero attached hydrogens (tertiary/aromatic N) is 2. The van der Waals surface area contributed by atoms with E-state index in [-0.39, 0.29) is 0 Å². The molecule has 0 aliphatic rings. The molecule has 0 radical (unpaired) electrons. The van der Waals surface area contributed by atoms with Gasteiger partial charge < -0.3 is 0 Å². The highest BCUT2D eigenvalue weighted by Gasteiger charge is 2.16. The first-order valence-electron chi connectivity index (χ1n) is 3.86. The van der Waals surface area contributed by atoms with E-state index in [9.17, 15) is 14.9 Å². The fourth-order valence-electron chi connectivity index (χ4n) is 0.919. The number of rotatable bonds is 3. The fourth-order valence-corrected chi connectivity index (χ4v) is 0.919. The van der Waals surface area contributed by atoms with E-state index in [1.165, 1.54) is 0 Å². The molecule has 0 heterocycles. The van der Waals surface area contributed by atoms with Gasteiger partial charge >= 0.3 is 5.91 Å². The number of carbonyl (C=O) groups is 1. The lowest BCUT2D eigenvalue weighted by Gasteiger charge is -2.13. The summed E-state index contributed by atoms with van der Waals surface area (Å²) in [6.07, 6.45) is 0. The molecule has 1 amide bonds. The minimum absolute atomic E-state index is 0.430. The van der Waals surface area contributed by atoms with Gasteiger partial charge in [-0.2, -0.15) is 0 Å². The van der Waals surface area contributed by atoms with Crippen molar-refractivity contribution in [2.75, 3.05) is 11.6 Å². The Morgan fingerprint density at radius 3 is 2.50 bits per heavy atom. The molecule has 2 N–H and O–H groups in total. The van der Waals surface area contributed by atoms with Crippen molar-refractivity contribution < 1.29 is 9.72 Å². The van der Waals surface area contributed by atoms with Crippen LogP contribution in [0.25, 0.3) is 0 Å². The van der Waals surface area contributed by atoms with Gasteiger partial charge in [0.05, 0.1) is 5.69 Å². The van der Waals surface area contributed by atoms with Crippen LogP contribution in [0.5, 0.6) is 0 Å². The highest BCUT2D eigenvalue weighted by Crippen LogP contribution is 2.08. The Labute approximate surface area is 80.0 Å². The highest BCUT2D eigenvalue weighted by atomic mass is 16.6. The van der Waals surface area contributed by atoms with Crippen LogP contribution in [0, 0.1) is 10.1 Å². The van der Waals surface area contributed by atoms with Gasteiger partial charge in [-0.1, -0.05) is 18.2 Å². The zero-order chi connectivity index (χ0) is 10.6. The normalized spacial score (nSPS) is 9.50. The lowest BCUT2D eigenvalue weighted by Crippen LogP contribution is -2.41. The first kappa shape index (κ1) is 10.1. The number of hydrogen-bond acceptors (Lipinski definition) is 4. The summed E-state index contributed by atoms with van der Waals surface area (Å²) >= 11 is 0. The molecule has 14 heavy (non-hydrogen) atoms. The van der Waals surface area contributed by atoms with E-state index in [1.54, 1.807) is 30.3 Å². The molecule has 0 bridgehead atoms. The van der Waals surface area contributed by atoms with Crippen molar-refractivity contribution in [3.8, 4) is 0 Å². The standard InChI is InChI=1S/C8H9N3O3/c9-11(8(12)6-10(13)14)7-4-2-1-3-5-7/h1-5H,6,9H2. The third kappa shape index (κ3) is 2.53. The van der Waals surface area contributed by atoms with Crippen LogP contribution in [0.3, 0.4) is 0 Å². The number of nitrogens with two attached hydrogens (primary N) is 1. The van der Waals surface area contributed by atoms with Crippen molar-refractivity contribution in [3.05, 3.63) is 40.4 Å². The molecule has 0 aromatic heterocycles. The van der Waals surface area contributed by atoms with Gasteiger partial charge in [-0.25, -0.2) is 10.9 Å². The molecule has 0 atom stereocenters. The first-order valence-corrected chi connectivity index (χ1v) is 3.86. The van der Waals surface area contributed by atoms with E-state index < -0.39 is 17.4 Å². The van der Waals surface area contributed by atoms with Gasteiger partial charge in [-0.15, -0.1) is 0 Å². The number of anilines is 1. The second-order valence-corrected chi connectivity index (χ2v) is 2.59. The summed E-state index contributed by atoms with van der Waals surface area (Å²) in [5.74, 6) is 4.62. The Morgan fingerprint density at radius 2 is 2.00 bits per heavy atom. The molecule has 6 heteroatoms. The van der Waals surface area contributed by atoms with Crippen molar-refractivity contribution in [2.24, 2.45) is 5.84 Å². The van der Waals surface area contributed by atoms with Gasteiger partial charge in [0.1, 0.15) is 0 Å². The zero-order valence-corrected chi connectivity index (χ0v) is 7.29. The molecule has 0 spiro atoms. The molecule has 0 saturated carbocycles. The van der Waals surface area contributed by atoms with E-state index in [1.807, 2.05) is 0 Å². The van der Waals surface area contributed by atoms with Crippen LogP contribution in [-0.4, -0.2) is 17.4 Å². The van der Waals surface area contributed by atoms with Crippen LogP contribution in [0.1, 0.15) is 0 Å². The Balaban J connectivity index is 2.71. The molecule has 6 nitrogen and oxygen atoms in total. The number of hydrazine groups is 1. The Morgan fingerprint density at radius 1 is 1.43 bits per heavy atom. The lowest BCUT2D eigenvalue weighted by molar-refractivity contribution is -0.467. The summed E-state index contributed by atoms with van der Waals surface area (Å²) in [6, 6.07) is 8.33. The molecular weight excluding hydrogens is 186 g/mol. The Hall–Kier alpha value is -1.95. The first-order chi connectivity index (χ1) is 6.61. The summed E-state index contributed by atoms with van der Waals surface area (Å²) in [5.41, 5.74) is 0.430. The predicted molar refractivity (Wildman–Crippen MR) is 50.0 cm³/mol. The topological polar surface area (TPSA) is 89.5 Å². The SMILES string of the molecule is NN(C(=O)C[N+](=O)[O-])c1ccccc1. The van der Waals surface area contributed by atoms with Crippen LogP contribution in [0.2, 0.25) is 0 Å². The number of hydrogen-bond donors (Lipinski definition) is 1. The lowest BCUT2D eigenvalue weighted by atomic mass is 10.3. The molecule has 1 aromatic rings. The summed E-state index contributed by atoms with van der Waals surface area (Å²) in [4.78, 5) is 20.4. The summed E-state index contributed by atoms with van der Waals surface area (Å²) in [5, 5.41) is 10.8. The van der Waals surface area contributed by atoms with Crippen molar-refractivity contribution in [1.82, 2.24) is 0 Å². The second kappa shape index (κ2) is 4.33. The number of para-hydroxylation sites is 1. The van der Waals surface area contributed by atoms with Gasteiger partial charge in [0, 0.05) is 4.92 Å². The van der Waals surface area contributed by atoms with E-state index in [0.717, 1.165) is 5.01 Å². The average molecular weight is 195 g/mol. The summed E-state index contributed by atoms with van der Waals surface area (Å²) in [7, 11) is 0. The maximum atomic E-state index is 11.1. The van der Waals surface area contributed by atoms with Crippen molar-refractivity contribution >= 4 is 11.6 Å². The maximum Gasteiger partial charge on any atom is 0.312 e. The molecule has 1 rings (SSSR count). The number of amides is 1. The van der Waals surface area contributed by atoms with E-state index >= 15 is 0 Å². The number of carbonyl (C=O) groups excluding carboxylic acids is 1. The van der Waals surface area contributed by atoms with Gasteiger partial charge in [-0.3, -0.25) is 14.9 Å². The molecule has 0 unspecified atom stereocenters. The van der Waals surface area contributed by atoms with Crippen LogP contribution >= 0.6 is 0 Å². The molecule has 74 valence electrons. The largest absolute Gasteiger partial charge is 0.312 e. The minimum Gasteiger partial charge on any atom is -0.265 e. The van der Waals surface area contributed by atoms with Crippen LogP contribution in [0.15, 0.2) is 30.3 Å².